The van der Waals surface area contributed by atoms with E-state index in [9.17, 15) is 0 Å². The fourth-order valence-corrected chi connectivity index (χ4v) is 2.92. The second kappa shape index (κ2) is 6.33. The van der Waals surface area contributed by atoms with Gasteiger partial charge in [-0.3, -0.25) is 9.80 Å². The van der Waals surface area contributed by atoms with Crippen molar-refractivity contribution in [1.82, 2.24) is 15.1 Å². The molecular weight excluding hydrogens is 226 g/mol. The van der Waals surface area contributed by atoms with Crippen LogP contribution < -0.4 is 5.32 Å². The molecule has 106 valence electrons. The first-order chi connectivity index (χ1) is 8.57. The van der Waals surface area contributed by atoms with Crippen molar-refractivity contribution < 1.29 is 4.74 Å². The zero-order chi connectivity index (χ0) is 13.0. The van der Waals surface area contributed by atoms with Crippen LogP contribution in [0.5, 0.6) is 0 Å². The first kappa shape index (κ1) is 14.3. The van der Waals surface area contributed by atoms with Crippen LogP contribution in [0.1, 0.15) is 27.2 Å². The summed E-state index contributed by atoms with van der Waals surface area (Å²) in [7, 11) is 0. The molecule has 0 amide bonds. The van der Waals surface area contributed by atoms with E-state index in [1.165, 1.54) is 19.5 Å². The summed E-state index contributed by atoms with van der Waals surface area (Å²) in [5, 5.41) is 3.64. The molecule has 0 aromatic carbocycles. The van der Waals surface area contributed by atoms with Gasteiger partial charge in [0.05, 0.1) is 13.2 Å². The Morgan fingerprint density at radius 3 is 2.67 bits per heavy atom. The number of ether oxygens (including phenoxy) is 1. The van der Waals surface area contributed by atoms with Crippen molar-refractivity contribution in [3.05, 3.63) is 0 Å². The van der Waals surface area contributed by atoms with Crippen LogP contribution in [0.2, 0.25) is 0 Å². The zero-order valence-electron chi connectivity index (χ0n) is 12.2. The van der Waals surface area contributed by atoms with Crippen LogP contribution >= 0.6 is 0 Å². The third-order valence-electron chi connectivity index (χ3n) is 4.19. The van der Waals surface area contributed by atoms with E-state index < -0.39 is 0 Å². The minimum Gasteiger partial charge on any atom is -0.379 e. The Morgan fingerprint density at radius 1 is 1.22 bits per heavy atom. The van der Waals surface area contributed by atoms with Crippen molar-refractivity contribution in [3.8, 4) is 0 Å². The molecule has 0 aromatic heterocycles. The Kier molecular flexibility index (Phi) is 5.01. The summed E-state index contributed by atoms with van der Waals surface area (Å²) in [5.41, 5.74) is 0.246. The SMILES string of the molecule is CC1CCNC(C)(C)CN1CCN1CCOCC1. The Bertz CT molecular complexity index is 251. The number of nitrogens with one attached hydrogen (secondary N) is 1. The second-order valence-corrected chi connectivity index (χ2v) is 6.37. The lowest BCUT2D eigenvalue weighted by atomic mass is 10.1. The highest BCUT2D eigenvalue weighted by molar-refractivity contribution is 4.88. The molecular formula is C14H29N3O. The predicted molar refractivity (Wildman–Crippen MR) is 75.0 cm³/mol. The Labute approximate surface area is 112 Å². The van der Waals surface area contributed by atoms with E-state index in [0.717, 1.165) is 39.4 Å². The fourth-order valence-electron chi connectivity index (χ4n) is 2.92. The number of hydrogen-bond donors (Lipinski definition) is 1. The van der Waals surface area contributed by atoms with Crippen molar-refractivity contribution in [2.75, 3.05) is 52.5 Å². The van der Waals surface area contributed by atoms with Crippen LogP contribution in [-0.2, 0) is 4.74 Å². The molecule has 2 fully saturated rings. The van der Waals surface area contributed by atoms with Gasteiger partial charge in [-0.05, 0) is 33.7 Å². The van der Waals surface area contributed by atoms with Gasteiger partial charge in [0, 0.05) is 44.3 Å². The molecule has 2 aliphatic heterocycles. The molecule has 2 rings (SSSR count). The van der Waals surface area contributed by atoms with E-state index in [4.69, 9.17) is 4.74 Å². The molecule has 0 saturated carbocycles. The second-order valence-electron chi connectivity index (χ2n) is 6.37. The number of rotatable bonds is 3. The number of hydrogen-bond acceptors (Lipinski definition) is 4. The minimum absolute atomic E-state index is 0.246. The molecule has 1 atom stereocenters. The van der Waals surface area contributed by atoms with E-state index in [1.807, 2.05) is 0 Å². The van der Waals surface area contributed by atoms with Crippen molar-refractivity contribution in [2.24, 2.45) is 0 Å². The summed E-state index contributed by atoms with van der Waals surface area (Å²) >= 11 is 0. The topological polar surface area (TPSA) is 27.7 Å². The average molecular weight is 255 g/mol. The van der Waals surface area contributed by atoms with Crippen LogP contribution in [0.15, 0.2) is 0 Å². The maximum absolute atomic E-state index is 5.40. The lowest BCUT2D eigenvalue weighted by Crippen LogP contribution is -2.50. The molecule has 2 heterocycles. The first-order valence-electron chi connectivity index (χ1n) is 7.36. The van der Waals surface area contributed by atoms with Gasteiger partial charge in [0.25, 0.3) is 0 Å². The van der Waals surface area contributed by atoms with Crippen LogP contribution in [0.3, 0.4) is 0 Å². The van der Waals surface area contributed by atoms with Gasteiger partial charge in [0.15, 0.2) is 0 Å². The van der Waals surface area contributed by atoms with E-state index >= 15 is 0 Å². The Hall–Kier alpha value is -0.160. The van der Waals surface area contributed by atoms with Gasteiger partial charge in [-0.15, -0.1) is 0 Å². The molecule has 4 heteroatoms. The van der Waals surface area contributed by atoms with Gasteiger partial charge in [0.2, 0.25) is 0 Å². The van der Waals surface area contributed by atoms with Crippen molar-refractivity contribution in [1.29, 1.82) is 0 Å². The minimum atomic E-state index is 0.246. The number of morpholine rings is 1. The first-order valence-corrected chi connectivity index (χ1v) is 7.36. The molecule has 1 unspecified atom stereocenters. The van der Waals surface area contributed by atoms with Gasteiger partial charge < -0.3 is 10.1 Å². The fraction of sp³-hybridized carbons (Fsp3) is 1.00. The standard InChI is InChI=1S/C14H29N3O/c1-13-4-5-15-14(2,3)12-17(13)7-6-16-8-10-18-11-9-16/h13,15H,4-12H2,1-3H3. The lowest BCUT2D eigenvalue weighted by molar-refractivity contribution is 0.0303. The molecule has 1 N–H and O–H groups in total. The molecule has 18 heavy (non-hydrogen) atoms. The highest BCUT2D eigenvalue weighted by Gasteiger charge is 2.27. The van der Waals surface area contributed by atoms with Crippen LogP contribution in [-0.4, -0.2) is 73.9 Å². The molecule has 4 nitrogen and oxygen atoms in total. The van der Waals surface area contributed by atoms with Crippen LogP contribution in [0.25, 0.3) is 0 Å². The highest BCUT2D eigenvalue weighted by atomic mass is 16.5. The molecule has 0 bridgehead atoms. The third kappa shape index (κ3) is 4.19. The zero-order valence-corrected chi connectivity index (χ0v) is 12.2. The summed E-state index contributed by atoms with van der Waals surface area (Å²) < 4.78 is 5.40. The van der Waals surface area contributed by atoms with E-state index in [2.05, 4.69) is 35.9 Å². The van der Waals surface area contributed by atoms with Gasteiger partial charge >= 0.3 is 0 Å². The lowest BCUT2D eigenvalue weighted by Gasteiger charge is -2.35. The van der Waals surface area contributed by atoms with Gasteiger partial charge in [-0.25, -0.2) is 0 Å². The molecule has 2 saturated heterocycles. The van der Waals surface area contributed by atoms with Gasteiger partial charge in [0.1, 0.15) is 0 Å². The highest BCUT2D eigenvalue weighted by Crippen LogP contribution is 2.15. The van der Waals surface area contributed by atoms with Crippen molar-refractivity contribution >= 4 is 0 Å². The third-order valence-corrected chi connectivity index (χ3v) is 4.19. The van der Waals surface area contributed by atoms with Crippen LogP contribution in [0, 0.1) is 0 Å². The maximum atomic E-state index is 5.40. The van der Waals surface area contributed by atoms with Gasteiger partial charge in [-0.1, -0.05) is 0 Å². The molecule has 0 aromatic rings. The largest absolute Gasteiger partial charge is 0.379 e. The maximum Gasteiger partial charge on any atom is 0.0594 e. The van der Waals surface area contributed by atoms with Crippen molar-refractivity contribution in [3.63, 3.8) is 0 Å². The summed E-state index contributed by atoms with van der Waals surface area (Å²) in [6.07, 6.45) is 1.26. The van der Waals surface area contributed by atoms with Crippen molar-refractivity contribution in [2.45, 2.75) is 38.8 Å². The summed E-state index contributed by atoms with van der Waals surface area (Å²) in [6, 6.07) is 0.695. The van der Waals surface area contributed by atoms with E-state index in [0.29, 0.717) is 6.04 Å². The molecule has 2 aliphatic rings. The molecule has 0 radical (unpaired) electrons. The Morgan fingerprint density at radius 2 is 1.94 bits per heavy atom. The van der Waals surface area contributed by atoms with E-state index in [-0.39, 0.29) is 5.54 Å². The van der Waals surface area contributed by atoms with E-state index in [1.54, 1.807) is 0 Å². The normalized spacial score (nSPS) is 31.2. The van der Waals surface area contributed by atoms with Crippen LogP contribution in [0.4, 0.5) is 0 Å². The summed E-state index contributed by atoms with van der Waals surface area (Å²) in [6.45, 7) is 15.7. The van der Waals surface area contributed by atoms with Gasteiger partial charge in [-0.2, -0.15) is 0 Å². The average Bonchev–Trinajstić information content (AvgIpc) is 2.47. The molecule has 0 spiro atoms. The molecule has 0 aliphatic carbocycles. The monoisotopic (exact) mass is 255 g/mol. The quantitative estimate of drug-likeness (QED) is 0.806. The number of nitrogens with zero attached hydrogens (tertiary/aromatic N) is 2. The smallest absolute Gasteiger partial charge is 0.0594 e. The summed E-state index contributed by atoms with van der Waals surface area (Å²) in [5.74, 6) is 0. The summed E-state index contributed by atoms with van der Waals surface area (Å²) in [4.78, 5) is 5.18. The Balaban J connectivity index is 1.81. The predicted octanol–water partition coefficient (Wildman–Crippen LogP) is 0.781.